The normalized spacial score (nSPS) is 13.8. The van der Waals surface area contributed by atoms with Crippen LogP contribution < -0.4 is 5.73 Å². The molecule has 0 fully saturated rings. The molecular formula is C13H13N3O5. The third kappa shape index (κ3) is 2.96. The van der Waals surface area contributed by atoms with E-state index >= 15 is 0 Å². The Morgan fingerprint density at radius 2 is 2.05 bits per heavy atom. The number of hydrogen-bond acceptors (Lipinski definition) is 6. The number of hydrogen-bond donors (Lipinski definition) is 3. The molecule has 110 valence electrons. The zero-order chi connectivity index (χ0) is 15.6. The minimum Gasteiger partial charge on any atom is -0.390 e. The summed E-state index contributed by atoms with van der Waals surface area (Å²) in [6, 6.07) is 4.06. The Morgan fingerprint density at radius 1 is 1.33 bits per heavy atom. The van der Waals surface area contributed by atoms with Gasteiger partial charge in [0, 0.05) is 18.5 Å². The molecule has 0 saturated heterocycles. The van der Waals surface area contributed by atoms with E-state index in [4.69, 9.17) is 5.73 Å². The van der Waals surface area contributed by atoms with Crippen LogP contribution in [0.5, 0.6) is 0 Å². The highest BCUT2D eigenvalue weighted by Gasteiger charge is 2.24. The molecular weight excluding hydrogens is 278 g/mol. The number of primary amides is 1. The van der Waals surface area contributed by atoms with E-state index in [1.165, 1.54) is 30.6 Å². The Labute approximate surface area is 119 Å². The predicted octanol–water partition coefficient (Wildman–Crippen LogP) is 0.413. The number of nitro groups is 1. The summed E-state index contributed by atoms with van der Waals surface area (Å²) < 4.78 is 0. The smallest absolute Gasteiger partial charge is 0.278 e. The highest BCUT2D eigenvalue weighted by molar-refractivity contribution is 5.92. The lowest BCUT2D eigenvalue weighted by Gasteiger charge is -2.18. The molecule has 1 aromatic carbocycles. The number of nitrogens with zero attached hydrogens (tertiary/aromatic N) is 2. The zero-order valence-electron chi connectivity index (χ0n) is 10.8. The maximum atomic E-state index is 11.0. The third-order valence-corrected chi connectivity index (χ3v) is 3.12. The predicted molar refractivity (Wildman–Crippen MR) is 73.2 cm³/mol. The maximum Gasteiger partial charge on any atom is 0.278 e. The summed E-state index contributed by atoms with van der Waals surface area (Å²) in [6.45, 7) is 0. The van der Waals surface area contributed by atoms with E-state index in [9.17, 15) is 25.1 Å². The molecule has 1 amide bonds. The van der Waals surface area contributed by atoms with Gasteiger partial charge < -0.3 is 15.9 Å². The van der Waals surface area contributed by atoms with Gasteiger partial charge in [-0.3, -0.25) is 19.9 Å². The van der Waals surface area contributed by atoms with Crippen LogP contribution in [-0.2, 0) is 4.79 Å². The molecule has 2 atom stereocenters. The van der Waals surface area contributed by atoms with Gasteiger partial charge in [-0.2, -0.15) is 0 Å². The number of non-ortho nitro benzene ring substituents is 1. The van der Waals surface area contributed by atoms with Crippen LogP contribution in [0.15, 0.2) is 30.6 Å². The van der Waals surface area contributed by atoms with Crippen LogP contribution >= 0.6 is 0 Å². The summed E-state index contributed by atoms with van der Waals surface area (Å²) in [5.74, 6) is -0.755. The molecule has 0 radical (unpaired) electrons. The van der Waals surface area contributed by atoms with Crippen molar-refractivity contribution >= 4 is 22.4 Å². The molecule has 21 heavy (non-hydrogen) atoms. The van der Waals surface area contributed by atoms with Crippen molar-refractivity contribution in [1.82, 2.24) is 4.98 Å². The van der Waals surface area contributed by atoms with Gasteiger partial charge in [-0.25, -0.2) is 0 Å². The van der Waals surface area contributed by atoms with Crippen LogP contribution in [-0.4, -0.2) is 32.1 Å². The first kappa shape index (κ1) is 14.8. The first-order chi connectivity index (χ1) is 9.91. The maximum absolute atomic E-state index is 11.0. The molecule has 0 saturated carbocycles. The largest absolute Gasteiger partial charge is 0.390 e. The van der Waals surface area contributed by atoms with E-state index in [-0.39, 0.29) is 16.6 Å². The number of amides is 1. The number of fused-ring (bicyclic) bond motifs is 1. The van der Waals surface area contributed by atoms with E-state index in [2.05, 4.69) is 4.98 Å². The second-order valence-corrected chi connectivity index (χ2v) is 4.53. The van der Waals surface area contributed by atoms with E-state index < -0.39 is 29.5 Å². The second kappa shape index (κ2) is 5.81. The number of carbonyl (C=O) groups excluding carboxylic acids is 1. The van der Waals surface area contributed by atoms with Crippen molar-refractivity contribution in [3.63, 3.8) is 0 Å². The number of benzene rings is 1. The van der Waals surface area contributed by atoms with E-state index in [0.717, 1.165) is 0 Å². The van der Waals surface area contributed by atoms with Gasteiger partial charge in [0.15, 0.2) is 0 Å². The summed E-state index contributed by atoms with van der Waals surface area (Å²) in [5, 5.41) is 31.5. The van der Waals surface area contributed by atoms with Crippen LogP contribution in [0.1, 0.15) is 18.1 Å². The fourth-order valence-electron chi connectivity index (χ4n) is 2.14. The van der Waals surface area contributed by atoms with Crippen molar-refractivity contribution in [3.05, 3.63) is 46.3 Å². The van der Waals surface area contributed by atoms with Crippen molar-refractivity contribution in [3.8, 4) is 0 Å². The molecule has 4 N–H and O–H groups in total. The minimum atomic E-state index is -1.39. The SMILES string of the molecule is NC(=O)CC(O)C(O)c1ccc([N+](=O)[O-])c2cnccc12. The Bertz CT molecular complexity index is 703. The quantitative estimate of drug-likeness (QED) is 0.538. The molecule has 0 aliphatic heterocycles. The number of carbonyl (C=O) groups is 1. The first-order valence-electron chi connectivity index (χ1n) is 6.07. The molecule has 0 aliphatic carbocycles. The van der Waals surface area contributed by atoms with Crippen molar-refractivity contribution in [1.29, 1.82) is 0 Å². The summed E-state index contributed by atoms with van der Waals surface area (Å²) in [7, 11) is 0. The first-order valence-corrected chi connectivity index (χ1v) is 6.07. The van der Waals surface area contributed by atoms with Crippen molar-refractivity contribution in [2.24, 2.45) is 5.73 Å². The Kier molecular flexibility index (Phi) is 4.10. The summed E-state index contributed by atoms with van der Waals surface area (Å²) in [5.41, 5.74) is 5.09. The minimum absolute atomic E-state index is 0.154. The van der Waals surface area contributed by atoms with Crippen molar-refractivity contribution < 1.29 is 19.9 Å². The number of rotatable bonds is 5. The van der Waals surface area contributed by atoms with Gasteiger partial charge >= 0.3 is 0 Å². The van der Waals surface area contributed by atoms with E-state index in [1.54, 1.807) is 0 Å². The number of pyridine rings is 1. The molecule has 0 spiro atoms. The molecule has 2 unspecified atom stereocenters. The highest BCUT2D eigenvalue weighted by atomic mass is 16.6. The summed E-state index contributed by atoms with van der Waals surface area (Å²) in [4.78, 5) is 25.1. The molecule has 1 heterocycles. The lowest BCUT2D eigenvalue weighted by atomic mass is 9.96. The van der Waals surface area contributed by atoms with Crippen LogP contribution in [0, 0.1) is 10.1 Å². The number of aliphatic hydroxyl groups is 2. The molecule has 2 rings (SSSR count). The van der Waals surface area contributed by atoms with Gasteiger partial charge in [0.2, 0.25) is 5.91 Å². The van der Waals surface area contributed by atoms with Gasteiger partial charge in [-0.15, -0.1) is 0 Å². The van der Waals surface area contributed by atoms with Crippen molar-refractivity contribution in [2.45, 2.75) is 18.6 Å². The molecule has 1 aromatic heterocycles. The van der Waals surface area contributed by atoms with Crippen molar-refractivity contribution in [2.75, 3.05) is 0 Å². The van der Waals surface area contributed by atoms with Crippen LogP contribution in [0.2, 0.25) is 0 Å². The number of aliphatic hydroxyl groups excluding tert-OH is 2. The molecule has 0 bridgehead atoms. The summed E-state index contributed by atoms with van der Waals surface area (Å²) in [6.07, 6.45) is -0.457. The van der Waals surface area contributed by atoms with Crippen LogP contribution in [0.4, 0.5) is 5.69 Å². The van der Waals surface area contributed by atoms with E-state index in [1.807, 2.05) is 0 Å². The highest BCUT2D eigenvalue weighted by Crippen LogP contribution is 2.32. The van der Waals surface area contributed by atoms with Gasteiger partial charge in [0.25, 0.3) is 5.69 Å². The fourth-order valence-corrected chi connectivity index (χ4v) is 2.14. The van der Waals surface area contributed by atoms with Gasteiger partial charge in [-0.1, -0.05) is 0 Å². The average molecular weight is 291 g/mol. The molecule has 8 heteroatoms. The number of nitro benzene ring substituents is 1. The zero-order valence-corrected chi connectivity index (χ0v) is 10.8. The Balaban J connectivity index is 2.53. The van der Waals surface area contributed by atoms with Gasteiger partial charge in [0.1, 0.15) is 6.10 Å². The number of aromatic nitrogens is 1. The van der Waals surface area contributed by atoms with Gasteiger partial charge in [-0.05, 0) is 23.1 Å². The van der Waals surface area contributed by atoms with Crippen LogP contribution in [0.25, 0.3) is 10.8 Å². The molecule has 0 aliphatic rings. The Morgan fingerprint density at radius 3 is 2.67 bits per heavy atom. The monoisotopic (exact) mass is 291 g/mol. The van der Waals surface area contributed by atoms with Crippen LogP contribution in [0.3, 0.4) is 0 Å². The third-order valence-electron chi connectivity index (χ3n) is 3.12. The topological polar surface area (TPSA) is 140 Å². The fraction of sp³-hybridized carbons (Fsp3) is 0.231. The Hall–Kier alpha value is -2.58. The number of nitrogens with two attached hydrogens (primary N) is 1. The van der Waals surface area contributed by atoms with E-state index in [0.29, 0.717) is 5.39 Å². The lowest BCUT2D eigenvalue weighted by Crippen LogP contribution is -2.25. The second-order valence-electron chi connectivity index (χ2n) is 4.53. The summed E-state index contributed by atoms with van der Waals surface area (Å²) >= 11 is 0. The standard InChI is InChI=1S/C13H13N3O5/c14-12(18)5-11(17)13(19)8-1-2-10(16(20)21)9-6-15-4-3-7(8)9/h1-4,6,11,13,17,19H,5H2,(H2,14,18). The molecule has 8 nitrogen and oxygen atoms in total. The lowest BCUT2D eigenvalue weighted by molar-refractivity contribution is -0.383. The van der Waals surface area contributed by atoms with Gasteiger partial charge in [0.05, 0.1) is 22.8 Å². The molecule has 2 aromatic rings. The average Bonchev–Trinajstić information content (AvgIpc) is 2.44.